The Labute approximate surface area is 116 Å². The van der Waals surface area contributed by atoms with Crippen molar-refractivity contribution in [1.82, 2.24) is 0 Å². The predicted molar refractivity (Wildman–Crippen MR) is 76.9 cm³/mol. The molecule has 2 rings (SSSR count). The molecule has 0 unspecified atom stereocenters. The molecule has 19 heavy (non-hydrogen) atoms. The Morgan fingerprint density at radius 3 is 2.26 bits per heavy atom. The summed E-state index contributed by atoms with van der Waals surface area (Å²) >= 11 is 5.68. The Hall–Kier alpha value is -2.20. The Balaban J connectivity index is 2.01. The molecule has 0 atom stereocenters. The maximum Gasteiger partial charge on any atom is 0.323 e. The van der Waals surface area contributed by atoms with E-state index in [2.05, 4.69) is 10.6 Å². The van der Waals surface area contributed by atoms with E-state index in [1.807, 2.05) is 31.2 Å². The summed E-state index contributed by atoms with van der Waals surface area (Å²) in [5.74, 6) is -0.0743. The van der Waals surface area contributed by atoms with E-state index in [1.165, 1.54) is 12.1 Å². The Morgan fingerprint density at radius 2 is 1.63 bits per heavy atom. The number of carbonyl (C=O) groups excluding carboxylic acids is 1. The van der Waals surface area contributed by atoms with Crippen molar-refractivity contribution in [1.29, 1.82) is 0 Å². The molecule has 2 amide bonds. The smallest absolute Gasteiger partial charge is 0.323 e. The number of phenolic OH excluding ortho intramolecular Hbond substituents is 1. The summed E-state index contributed by atoms with van der Waals surface area (Å²) in [6, 6.07) is 11.6. The molecule has 0 aliphatic rings. The van der Waals surface area contributed by atoms with Crippen LogP contribution in [0.2, 0.25) is 5.02 Å². The zero-order chi connectivity index (χ0) is 13.8. The molecule has 0 radical (unpaired) electrons. The van der Waals surface area contributed by atoms with Crippen LogP contribution in [0.3, 0.4) is 0 Å². The molecule has 4 nitrogen and oxygen atoms in total. The Morgan fingerprint density at radius 1 is 1.05 bits per heavy atom. The van der Waals surface area contributed by atoms with Gasteiger partial charge in [-0.3, -0.25) is 0 Å². The molecule has 0 saturated heterocycles. The van der Waals surface area contributed by atoms with Crippen LogP contribution in [0.15, 0.2) is 42.5 Å². The van der Waals surface area contributed by atoms with Crippen LogP contribution >= 0.6 is 11.6 Å². The highest BCUT2D eigenvalue weighted by Gasteiger charge is 2.04. The van der Waals surface area contributed by atoms with Gasteiger partial charge in [0, 0.05) is 17.4 Å². The van der Waals surface area contributed by atoms with Gasteiger partial charge >= 0.3 is 6.03 Å². The van der Waals surface area contributed by atoms with Crippen molar-refractivity contribution in [3.05, 3.63) is 53.1 Å². The average Bonchev–Trinajstić information content (AvgIpc) is 2.37. The number of urea groups is 1. The van der Waals surface area contributed by atoms with E-state index in [9.17, 15) is 9.90 Å². The lowest BCUT2D eigenvalue weighted by Crippen LogP contribution is -2.19. The van der Waals surface area contributed by atoms with Gasteiger partial charge in [0.05, 0.1) is 5.02 Å². The highest BCUT2D eigenvalue weighted by Crippen LogP contribution is 2.26. The first-order valence-corrected chi connectivity index (χ1v) is 6.05. The number of phenols is 1. The monoisotopic (exact) mass is 276 g/mol. The van der Waals surface area contributed by atoms with Gasteiger partial charge in [-0.05, 0) is 31.2 Å². The number of benzene rings is 2. The van der Waals surface area contributed by atoms with E-state index in [1.54, 1.807) is 6.07 Å². The number of halogens is 1. The lowest BCUT2D eigenvalue weighted by molar-refractivity contribution is 0.262. The molecule has 0 aliphatic carbocycles. The van der Waals surface area contributed by atoms with Gasteiger partial charge in [0.1, 0.15) is 5.75 Å². The van der Waals surface area contributed by atoms with Gasteiger partial charge in [-0.1, -0.05) is 29.3 Å². The molecular weight excluding hydrogens is 264 g/mol. The van der Waals surface area contributed by atoms with Crippen molar-refractivity contribution in [2.45, 2.75) is 6.92 Å². The average molecular weight is 277 g/mol. The number of hydrogen-bond acceptors (Lipinski definition) is 2. The second-order valence-corrected chi connectivity index (χ2v) is 4.52. The summed E-state index contributed by atoms with van der Waals surface area (Å²) in [5.41, 5.74) is 2.28. The highest BCUT2D eigenvalue weighted by molar-refractivity contribution is 6.32. The summed E-state index contributed by atoms with van der Waals surface area (Å²) < 4.78 is 0. The number of rotatable bonds is 2. The highest BCUT2D eigenvalue weighted by atomic mass is 35.5. The van der Waals surface area contributed by atoms with Gasteiger partial charge in [-0.2, -0.15) is 0 Å². The fourth-order valence-corrected chi connectivity index (χ4v) is 1.64. The van der Waals surface area contributed by atoms with Crippen molar-refractivity contribution in [2.75, 3.05) is 10.6 Å². The van der Waals surface area contributed by atoms with Gasteiger partial charge in [-0.15, -0.1) is 0 Å². The topological polar surface area (TPSA) is 61.4 Å². The Kier molecular flexibility index (Phi) is 3.92. The molecule has 0 aromatic heterocycles. The predicted octanol–water partition coefficient (Wildman–Crippen LogP) is 4.00. The van der Waals surface area contributed by atoms with E-state index in [4.69, 9.17) is 11.6 Å². The second kappa shape index (κ2) is 5.63. The van der Waals surface area contributed by atoms with Crippen LogP contribution < -0.4 is 10.6 Å². The van der Waals surface area contributed by atoms with Crippen LogP contribution in [0.1, 0.15) is 5.56 Å². The standard InChI is InChI=1S/C14H13ClN2O2/c1-9-2-4-10(5-3-9)16-14(19)17-11-6-7-12(15)13(18)8-11/h2-8,18H,1H3,(H2,16,17,19). The lowest BCUT2D eigenvalue weighted by atomic mass is 10.2. The minimum absolute atomic E-state index is 0.0743. The first-order chi connectivity index (χ1) is 9.04. The minimum atomic E-state index is -0.384. The molecule has 2 aromatic carbocycles. The van der Waals surface area contributed by atoms with Crippen LogP contribution in [0.5, 0.6) is 5.75 Å². The summed E-state index contributed by atoms with van der Waals surface area (Å²) in [4.78, 5) is 11.7. The van der Waals surface area contributed by atoms with Gasteiger partial charge in [0.15, 0.2) is 0 Å². The van der Waals surface area contributed by atoms with Crippen molar-refractivity contribution in [2.24, 2.45) is 0 Å². The molecular formula is C14H13ClN2O2. The second-order valence-electron chi connectivity index (χ2n) is 4.11. The third kappa shape index (κ3) is 3.63. The number of nitrogens with one attached hydrogen (secondary N) is 2. The van der Waals surface area contributed by atoms with Gasteiger partial charge in [-0.25, -0.2) is 4.79 Å². The largest absolute Gasteiger partial charge is 0.506 e. The number of carbonyl (C=O) groups is 1. The maximum absolute atomic E-state index is 11.7. The van der Waals surface area contributed by atoms with Crippen molar-refractivity contribution < 1.29 is 9.90 Å². The number of hydrogen-bond donors (Lipinski definition) is 3. The van der Waals surface area contributed by atoms with Gasteiger partial charge in [0.25, 0.3) is 0 Å². The molecule has 0 bridgehead atoms. The van der Waals surface area contributed by atoms with Crippen LogP contribution in [0.4, 0.5) is 16.2 Å². The number of anilines is 2. The molecule has 3 N–H and O–H groups in total. The van der Waals surface area contributed by atoms with E-state index in [0.717, 1.165) is 5.56 Å². The summed E-state index contributed by atoms with van der Waals surface area (Å²) in [7, 11) is 0. The van der Waals surface area contributed by atoms with Crippen LogP contribution in [0, 0.1) is 6.92 Å². The molecule has 2 aromatic rings. The molecule has 5 heteroatoms. The third-order valence-electron chi connectivity index (χ3n) is 2.51. The van der Waals surface area contributed by atoms with Gasteiger partial charge < -0.3 is 15.7 Å². The lowest BCUT2D eigenvalue weighted by Gasteiger charge is -2.08. The third-order valence-corrected chi connectivity index (χ3v) is 2.83. The molecule has 0 aliphatic heterocycles. The van der Waals surface area contributed by atoms with Crippen molar-refractivity contribution in [3.8, 4) is 5.75 Å². The van der Waals surface area contributed by atoms with Crippen LogP contribution in [0.25, 0.3) is 0 Å². The molecule has 0 saturated carbocycles. The SMILES string of the molecule is Cc1ccc(NC(=O)Nc2ccc(Cl)c(O)c2)cc1. The molecule has 0 fully saturated rings. The first kappa shape index (κ1) is 13.2. The zero-order valence-electron chi connectivity index (χ0n) is 10.3. The van der Waals surface area contributed by atoms with Crippen molar-refractivity contribution >= 4 is 29.0 Å². The first-order valence-electron chi connectivity index (χ1n) is 5.68. The summed E-state index contributed by atoms with van der Waals surface area (Å²) in [5, 5.41) is 15.0. The molecule has 0 heterocycles. The quantitative estimate of drug-likeness (QED) is 0.776. The normalized spacial score (nSPS) is 10.0. The van der Waals surface area contributed by atoms with Crippen LogP contribution in [-0.4, -0.2) is 11.1 Å². The Bertz CT molecular complexity index is 597. The number of amides is 2. The molecule has 98 valence electrons. The maximum atomic E-state index is 11.7. The minimum Gasteiger partial charge on any atom is -0.506 e. The van der Waals surface area contributed by atoms with E-state index < -0.39 is 0 Å². The molecule has 0 spiro atoms. The fraction of sp³-hybridized carbons (Fsp3) is 0.0714. The van der Waals surface area contributed by atoms with Crippen LogP contribution in [-0.2, 0) is 0 Å². The summed E-state index contributed by atoms with van der Waals surface area (Å²) in [6.45, 7) is 1.97. The van der Waals surface area contributed by atoms with Crippen molar-refractivity contribution in [3.63, 3.8) is 0 Å². The summed E-state index contributed by atoms with van der Waals surface area (Å²) in [6.07, 6.45) is 0. The number of aromatic hydroxyl groups is 1. The zero-order valence-corrected chi connectivity index (χ0v) is 11.0. The van der Waals surface area contributed by atoms with E-state index >= 15 is 0 Å². The fourth-order valence-electron chi connectivity index (χ4n) is 1.52. The van der Waals surface area contributed by atoms with E-state index in [-0.39, 0.29) is 16.8 Å². The van der Waals surface area contributed by atoms with E-state index in [0.29, 0.717) is 11.4 Å². The number of aryl methyl sites for hydroxylation is 1. The van der Waals surface area contributed by atoms with Gasteiger partial charge in [0.2, 0.25) is 0 Å².